The number of hydrogen-bond donors (Lipinski definition) is 2. The first-order valence-corrected chi connectivity index (χ1v) is 15.3. The van der Waals surface area contributed by atoms with Gasteiger partial charge in [-0.1, -0.05) is 35.3 Å². The van der Waals surface area contributed by atoms with Crippen LogP contribution in [0.3, 0.4) is 0 Å². The Kier molecular flexibility index (Phi) is 8.89. The molecule has 0 saturated heterocycles. The Morgan fingerprint density at radius 3 is 1.98 bits per heavy atom. The number of anilines is 3. The summed E-state index contributed by atoms with van der Waals surface area (Å²) in [5.41, 5.74) is 0.746. The molecule has 2 N–H and O–H groups in total. The predicted octanol–water partition coefficient (Wildman–Crippen LogP) is 5.64. The van der Waals surface area contributed by atoms with Crippen LogP contribution in [0.15, 0.2) is 107 Å². The molecule has 40 heavy (non-hydrogen) atoms. The van der Waals surface area contributed by atoms with Gasteiger partial charge in [-0.05, 0) is 84.9 Å². The third-order valence-electron chi connectivity index (χ3n) is 5.56. The monoisotopic (exact) mass is 619 g/mol. The van der Waals surface area contributed by atoms with Crippen LogP contribution in [0.25, 0.3) is 0 Å². The van der Waals surface area contributed by atoms with Crippen LogP contribution in [-0.2, 0) is 24.8 Å². The quantitative estimate of drug-likeness (QED) is 0.237. The second-order valence-electron chi connectivity index (χ2n) is 8.36. The number of halogens is 2. The second-order valence-corrected chi connectivity index (χ2v) is 12.8. The van der Waals surface area contributed by atoms with Gasteiger partial charge < -0.3 is 10.1 Å². The highest BCUT2D eigenvalue weighted by Crippen LogP contribution is 2.27. The highest BCUT2D eigenvalue weighted by Gasteiger charge is 2.27. The molecule has 0 aromatic heterocycles. The van der Waals surface area contributed by atoms with E-state index in [4.69, 9.17) is 27.9 Å². The maximum atomic E-state index is 13.5. The van der Waals surface area contributed by atoms with E-state index in [-0.39, 0.29) is 26.2 Å². The average molecular weight is 621 g/mol. The molecule has 0 aliphatic rings. The Bertz CT molecular complexity index is 1730. The fourth-order valence-corrected chi connectivity index (χ4v) is 6.47. The first-order valence-electron chi connectivity index (χ1n) is 11.6. The van der Waals surface area contributed by atoms with Gasteiger partial charge in [0.1, 0.15) is 12.3 Å². The van der Waals surface area contributed by atoms with E-state index < -0.39 is 32.5 Å². The van der Waals surface area contributed by atoms with Crippen LogP contribution < -0.4 is 19.1 Å². The third-order valence-corrected chi connectivity index (χ3v) is 9.21. The summed E-state index contributed by atoms with van der Waals surface area (Å²) in [5, 5.41) is 3.27. The minimum atomic E-state index is -4.18. The molecular weight excluding hydrogens is 597 g/mol. The fraction of sp³-hybridized carbons (Fsp3) is 0.0741. The molecular formula is C27H23Cl2N3O6S2. The zero-order chi connectivity index (χ0) is 28.9. The van der Waals surface area contributed by atoms with E-state index in [1.165, 1.54) is 73.8 Å². The SMILES string of the molecule is COc1ccc(S(=O)(=O)N(CC(=O)Nc2ccc(S(=O)(=O)Nc3cccc(Cl)c3)cc2)c2cccc(Cl)c2)cc1. The number of nitrogens with zero attached hydrogens (tertiary/aromatic N) is 1. The number of carbonyl (C=O) groups is 1. The minimum Gasteiger partial charge on any atom is -0.497 e. The number of ether oxygens (including phenoxy) is 1. The zero-order valence-electron chi connectivity index (χ0n) is 20.9. The van der Waals surface area contributed by atoms with Gasteiger partial charge in [-0.3, -0.25) is 13.8 Å². The second kappa shape index (κ2) is 12.2. The van der Waals surface area contributed by atoms with Crippen molar-refractivity contribution in [2.45, 2.75) is 9.79 Å². The van der Waals surface area contributed by atoms with Gasteiger partial charge >= 0.3 is 0 Å². The first-order chi connectivity index (χ1) is 19.0. The lowest BCUT2D eigenvalue weighted by Gasteiger charge is -2.24. The fourth-order valence-electron chi connectivity index (χ4n) is 3.64. The highest BCUT2D eigenvalue weighted by atomic mass is 35.5. The molecule has 0 bridgehead atoms. The molecule has 0 aliphatic carbocycles. The summed E-state index contributed by atoms with van der Waals surface area (Å²) in [7, 11) is -6.64. The molecule has 0 radical (unpaired) electrons. The van der Waals surface area contributed by atoms with Gasteiger partial charge in [-0.15, -0.1) is 0 Å². The van der Waals surface area contributed by atoms with Crippen molar-refractivity contribution in [1.29, 1.82) is 0 Å². The van der Waals surface area contributed by atoms with Gasteiger partial charge in [0.25, 0.3) is 20.0 Å². The molecule has 0 fully saturated rings. The Morgan fingerprint density at radius 2 is 1.38 bits per heavy atom. The summed E-state index contributed by atoms with van der Waals surface area (Å²) in [6.45, 7) is -0.578. The Balaban J connectivity index is 1.53. The predicted molar refractivity (Wildman–Crippen MR) is 156 cm³/mol. The molecule has 4 aromatic rings. The molecule has 0 saturated carbocycles. The summed E-state index contributed by atoms with van der Waals surface area (Å²) in [5.74, 6) is -0.191. The average Bonchev–Trinajstić information content (AvgIpc) is 2.92. The van der Waals surface area contributed by atoms with E-state index in [9.17, 15) is 21.6 Å². The van der Waals surface area contributed by atoms with Crippen molar-refractivity contribution >= 4 is 66.2 Å². The van der Waals surface area contributed by atoms with Gasteiger partial charge in [0.15, 0.2) is 0 Å². The first kappa shape index (κ1) is 29.2. The van der Waals surface area contributed by atoms with E-state index in [1.807, 2.05) is 0 Å². The van der Waals surface area contributed by atoms with E-state index in [1.54, 1.807) is 30.3 Å². The zero-order valence-corrected chi connectivity index (χ0v) is 24.1. The number of benzene rings is 4. The molecule has 0 heterocycles. The van der Waals surface area contributed by atoms with Gasteiger partial charge in [0.2, 0.25) is 5.91 Å². The number of nitrogens with one attached hydrogen (secondary N) is 2. The van der Waals surface area contributed by atoms with Crippen molar-refractivity contribution in [2.24, 2.45) is 0 Å². The third kappa shape index (κ3) is 7.05. The lowest BCUT2D eigenvalue weighted by molar-refractivity contribution is -0.114. The molecule has 0 unspecified atom stereocenters. The maximum absolute atomic E-state index is 13.5. The van der Waals surface area contributed by atoms with Gasteiger partial charge in [-0.25, -0.2) is 16.8 Å². The molecule has 9 nitrogen and oxygen atoms in total. The summed E-state index contributed by atoms with van der Waals surface area (Å²) in [4.78, 5) is 12.9. The molecule has 4 aromatic carbocycles. The topological polar surface area (TPSA) is 122 Å². The van der Waals surface area contributed by atoms with Crippen LogP contribution in [0.1, 0.15) is 0 Å². The van der Waals surface area contributed by atoms with Crippen LogP contribution >= 0.6 is 23.2 Å². The molecule has 0 spiro atoms. The van der Waals surface area contributed by atoms with Crippen molar-refractivity contribution in [3.63, 3.8) is 0 Å². The highest BCUT2D eigenvalue weighted by molar-refractivity contribution is 7.93. The van der Waals surface area contributed by atoms with Crippen LogP contribution in [-0.4, -0.2) is 36.4 Å². The number of methoxy groups -OCH3 is 1. The number of carbonyl (C=O) groups excluding carboxylic acids is 1. The lowest BCUT2D eigenvalue weighted by atomic mass is 10.3. The normalized spacial score (nSPS) is 11.5. The molecule has 13 heteroatoms. The van der Waals surface area contributed by atoms with Crippen LogP contribution in [0.2, 0.25) is 10.0 Å². The standard InChI is InChI=1S/C27H23Cl2N3O6S2/c1-38-24-10-14-26(15-11-24)40(36,37)32(23-7-3-5-20(29)17-23)18-27(33)30-21-8-12-25(13-9-21)39(34,35)31-22-6-2-4-19(28)16-22/h2-17,31H,18H2,1H3,(H,30,33). The van der Waals surface area contributed by atoms with E-state index in [2.05, 4.69) is 10.0 Å². The molecule has 4 rings (SSSR count). The molecule has 208 valence electrons. The van der Waals surface area contributed by atoms with Crippen LogP contribution in [0.5, 0.6) is 5.75 Å². The summed E-state index contributed by atoms with van der Waals surface area (Å²) >= 11 is 12.0. The van der Waals surface area contributed by atoms with Crippen LogP contribution in [0.4, 0.5) is 17.1 Å². The van der Waals surface area contributed by atoms with Crippen molar-refractivity contribution in [1.82, 2.24) is 0 Å². The van der Waals surface area contributed by atoms with Gasteiger partial charge in [-0.2, -0.15) is 0 Å². The van der Waals surface area contributed by atoms with Gasteiger partial charge in [0, 0.05) is 15.7 Å². The number of rotatable bonds is 10. The van der Waals surface area contributed by atoms with E-state index in [0.29, 0.717) is 16.5 Å². The summed E-state index contributed by atoms with van der Waals surface area (Å²) in [6, 6.07) is 23.5. The van der Waals surface area contributed by atoms with Crippen molar-refractivity contribution in [3.8, 4) is 5.75 Å². The number of hydrogen-bond acceptors (Lipinski definition) is 6. The van der Waals surface area contributed by atoms with E-state index >= 15 is 0 Å². The molecule has 1 amide bonds. The summed E-state index contributed by atoms with van der Waals surface area (Å²) in [6.07, 6.45) is 0. The summed E-state index contributed by atoms with van der Waals surface area (Å²) < 4.78 is 61.0. The van der Waals surface area contributed by atoms with Crippen molar-refractivity contribution in [3.05, 3.63) is 107 Å². The Morgan fingerprint density at radius 1 is 0.775 bits per heavy atom. The van der Waals surface area contributed by atoms with Crippen molar-refractivity contribution < 1.29 is 26.4 Å². The molecule has 0 aliphatic heterocycles. The van der Waals surface area contributed by atoms with Crippen molar-refractivity contribution in [2.75, 3.05) is 28.0 Å². The van der Waals surface area contributed by atoms with E-state index in [0.717, 1.165) is 4.31 Å². The number of sulfonamides is 2. The minimum absolute atomic E-state index is 0.0480. The van der Waals surface area contributed by atoms with Gasteiger partial charge in [0.05, 0.1) is 28.3 Å². The van der Waals surface area contributed by atoms with Crippen LogP contribution in [0, 0.1) is 0 Å². The Hall–Kier alpha value is -3.77. The lowest BCUT2D eigenvalue weighted by Crippen LogP contribution is -2.38. The largest absolute Gasteiger partial charge is 0.497 e. The smallest absolute Gasteiger partial charge is 0.264 e. The maximum Gasteiger partial charge on any atom is 0.264 e. The number of amides is 1. The molecule has 0 atom stereocenters. The Labute approximate surface area is 242 Å².